The normalized spacial score (nSPS) is 14.3. The van der Waals surface area contributed by atoms with Gasteiger partial charge in [-0.2, -0.15) is 0 Å². The van der Waals surface area contributed by atoms with E-state index in [2.05, 4.69) is 52.4 Å². The molecular formula is C23H31N3O. The lowest BCUT2D eigenvalue weighted by molar-refractivity contribution is 0.0953. The van der Waals surface area contributed by atoms with Crippen molar-refractivity contribution in [1.82, 2.24) is 10.2 Å². The van der Waals surface area contributed by atoms with Crippen molar-refractivity contribution in [2.24, 2.45) is 0 Å². The number of carbonyl (C=O) groups is 1. The maximum atomic E-state index is 12.5. The van der Waals surface area contributed by atoms with E-state index in [1.54, 1.807) is 0 Å². The molecule has 1 saturated heterocycles. The van der Waals surface area contributed by atoms with Crippen molar-refractivity contribution in [3.8, 4) is 0 Å². The fraction of sp³-hybridized carbons (Fsp3) is 0.435. The highest BCUT2D eigenvalue weighted by Crippen LogP contribution is 2.14. The summed E-state index contributed by atoms with van der Waals surface area (Å²) in [5.74, 6) is 0.0287. The van der Waals surface area contributed by atoms with E-state index in [0.29, 0.717) is 6.54 Å². The van der Waals surface area contributed by atoms with Crippen molar-refractivity contribution in [2.75, 3.05) is 37.6 Å². The standard InChI is InChI=1S/C23H31N3O/c1-2-26(22-12-4-3-5-13-22)17-9-14-24-23(27)21-11-8-10-20(18-21)19-25-15-6-7-16-25/h3-5,8,10-13,18H,2,6-7,9,14-17,19H2,1H3,(H,24,27). The van der Waals surface area contributed by atoms with Crippen LogP contribution in [-0.4, -0.2) is 43.5 Å². The molecule has 0 bridgehead atoms. The molecule has 1 N–H and O–H groups in total. The Hall–Kier alpha value is -2.33. The van der Waals surface area contributed by atoms with Crippen molar-refractivity contribution in [3.63, 3.8) is 0 Å². The topological polar surface area (TPSA) is 35.6 Å². The molecule has 0 radical (unpaired) electrons. The Morgan fingerprint density at radius 1 is 1.07 bits per heavy atom. The molecule has 0 aromatic heterocycles. The van der Waals surface area contributed by atoms with Crippen molar-refractivity contribution >= 4 is 11.6 Å². The summed E-state index contributed by atoms with van der Waals surface area (Å²) in [5, 5.41) is 3.07. The number of amides is 1. The zero-order valence-corrected chi connectivity index (χ0v) is 16.4. The van der Waals surface area contributed by atoms with Crippen molar-refractivity contribution in [1.29, 1.82) is 0 Å². The minimum Gasteiger partial charge on any atom is -0.372 e. The molecule has 2 aromatic carbocycles. The Balaban J connectivity index is 1.45. The Morgan fingerprint density at radius 3 is 2.59 bits per heavy atom. The van der Waals surface area contributed by atoms with Crippen LogP contribution in [0.5, 0.6) is 0 Å². The average molecular weight is 366 g/mol. The Kier molecular flexibility index (Phi) is 7.28. The van der Waals surface area contributed by atoms with Crippen LogP contribution in [0.1, 0.15) is 42.1 Å². The lowest BCUT2D eigenvalue weighted by Gasteiger charge is -2.23. The maximum absolute atomic E-state index is 12.5. The van der Waals surface area contributed by atoms with Gasteiger partial charge < -0.3 is 10.2 Å². The number of likely N-dealkylation sites (tertiary alicyclic amines) is 1. The molecule has 27 heavy (non-hydrogen) atoms. The fourth-order valence-corrected chi connectivity index (χ4v) is 3.69. The van der Waals surface area contributed by atoms with Crippen LogP contribution in [0.3, 0.4) is 0 Å². The molecule has 1 amide bonds. The van der Waals surface area contributed by atoms with E-state index < -0.39 is 0 Å². The molecule has 2 aromatic rings. The van der Waals surface area contributed by atoms with Gasteiger partial charge in [-0.1, -0.05) is 30.3 Å². The van der Waals surface area contributed by atoms with Crippen LogP contribution in [0.2, 0.25) is 0 Å². The molecule has 1 aliphatic heterocycles. The Labute approximate surface area is 163 Å². The van der Waals surface area contributed by atoms with Gasteiger partial charge in [-0.3, -0.25) is 9.69 Å². The van der Waals surface area contributed by atoms with Crippen molar-refractivity contribution in [2.45, 2.75) is 32.7 Å². The molecule has 144 valence electrons. The van der Waals surface area contributed by atoms with Gasteiger partial charge in [0, 0.05) is 37.4 Å². The molecule has 1 fully saturated rings. The highest BCUT2D eigenvalue weighted by Gasteiger charge is 2.13. The van der Waals surface area contributed by atoms with E-state index in [9.17, 15) is 4.79 Å². The van der Waals surface area contributed by atoms with Gasteiger partial charge in [0.25, 0.3) is 5.91 Å². The van der Waals surface area contributed by atoms with Gasteiger partial charge in [0.15, 0.2) is 0 Å². The predicted molar refractivity (Wildman–Crippen MR) is 112 cm³/mol. The van der Waals surface area contributed by atoms with Crippen LogP contribution >= 0.6 is 0 Å². The van der Waals surface area contributed by atoms with E-state index in [4.69, 9.17) is 0 Å². The third-order valence-corrected chi connectivity index (χ3v) is 5.19. The molecular weight excluding hydrogens is 334 g/mol. The summed E-state index contributed by atoms with van der Waals surface area (Å²) in [5.41, 5.74) is 3.23. The molecule has 0 atom stereocenters. The lowest BCUT2D eigenvalue weighted by atomic mass is 10.1. The summed E-state index contributed by atoms with van der Waals surface area (Å²) in [6.07, 6.45) is 3.51. The van der Waals surface area contributed by atoms with E-state index in [0.717, 1.165) is 31.6 Å². The van der Waals surface area contributed by atoms with Crippen molar-refractivity contribution < 1.29 is 4.79 Å². The summed E-state index contributed by atoms with van der Waals surface area (Å²) in [7, 11) is 0. The molecule has 4 heteroatoms. The second-order valence-electron chi connectivity index (χ2n) is 7.21. The van der Waals surface area contributed by atoms with Crippen LogP contribution in [0.4, 0.5) is 5.69 Å². The van der Waals surface area contributed by atoms with Gasteiger partial charge >= 0.3 is 0 Å². The second-order valence-corrected chi connectivity index (χ2v) is 7.21. The largest absolute Gasteiger partial charge is 0.372 e. The van der Waals surface area contributed by atoms with Gasteiger partial charge in [0.05, 0.1) is 0 Å². The SMILES string of the molecule is CCN(CCCNC(=O)c1cccc(CN2CCCC2)c1)c1ccccc1. The van der Waals surface area contributed by atoms with Gasteiger partial charge in [0.2, 0.25) is 0 Å². The van der Waals surface area contributed by atoms with Crippen LogP contribution in [-0.2, 0) is 6.54 Å². The van der Waals surface area contributed by atoms with Crippen LogP contribution in [0, 0.1) is 0 Å². The molecule has 1 aliphatic rings. The second kappa shape index (κ2) is 10.1. The fourth-order valence-electron chi connectivity index (χ4n) is 3.69. The first-order valence-electron chi connectivity index (χ1n) is 10.2. The summed E-state index contributed by atoms with van der Waals surface area (Å²) in [4.78, 5) is 17.3. The number of anilines is 1. The van der Waals surface area contributed by atoms with Crippen LogP contribution < -0.4 is 10.2 Å². The third-order valence-electron chi connectivity index (χ3n) is 5.19. The van der Waals surface area contributed by atoms with Crippen molar-refractivity contribution in [3.05, 3.63) is 65.7 Å². The average Bonchev–Trinajstić information content (AvgIpc) is 3.22. The van der Waals surface area contributed by atoms with E-state index in [1.165, 1.54) is 37.2 Å². The molecule has 0 unspecified atom stereocenters. The van der Waals surface area contributed by atoms with E-state index >= 15 is 0 Å². The first-order chi connectivity index (χ1) is 13.3. The van der Waals surface area contributed by atoms with Gasteiger partial charge in [-0.25, -0.2) is 0 Å². The zero-order valence-electron chi connectivity index (χ0n) is 16.4. The first-order valence-corrected chi connectivity index (χ1v) is 10.2. The number of para-hydroxylation sites is 1. The molecule has 0 spiro atoms. The molecule has 0 aliphatic carbocycles. The molecule has 1 heterocycles. The summed E-state index contributed by atoms with van der Waals surface area (Å²) in [6, 6.07) is 18.5. The molecule has 4 nitrogen and oxygen atoms in total. The minimum absolute atomic E-state index is 0.0287. The van der Waals surface area contributed by atoms with Gasteiger partial charge in [-0.05, 0) is 69.1 Å². The van der Waals surface area contributed by atoms with Crippen LogP contribution in [0.15, 0.2) is 54.6 Å². The smallest absolute Gasteiger partial charge is 0.251 e. The van der Waals surface area contributed by atoms with E-state index in [1.807, 2.05) is 24.3 Å². The predicted octanol–water partition coefficient (Wildman–Crippen LogP) is 3.93. The Morgan fingerprint density at radius 2 is 1.85 bits per heavy atom. The summed E-state index contributed by atoms with van der Waals surface area (Å²) < 4.78 is 0. The monoisotopic (exact) mass is 365 g/mol. The highest BCUT2D eigenvalue weighted by molar-refractivity contribution is 5.94. The zero-order chi connectivity index (χ0) is 18.9. The number of carbonyl (C=O) groups excluding carboxylic acids is 1. The minimum atomic E-state index is 0.0287. The number of hydrogen-bond donors (Lipinski definition) is 1. The maximum Gasteiger partial charge on any atom is 0.251 e. The number of nitrogens with one attached hydrogen (secondary N) is 1. The quantitative estimate of drug-likeness (QED) is 0.684. The third kappa shape index (κ3) is 5.83. The number of benzene rings is 2. The summed E-state index contributed by atoms with van der Waals surface area (Å²) in [6.45, 7) is 8.06. The number of rotatable bonds is 9. The summed E-state index contributed by atoms with van der Waals surface area (Å²) >= 11 is 0. The molecule has 0 saturated carbocycles. The lowest BCUT2D eigenvalue weighted by Crippen LogP contribution is -2.30. The molecule has 3 rings (SSSR count). The highest BCUT2D eigenvalue weighted by atomic mass is 16.1. The Bertz CT molecular complexity index is 711. The van der Waals surface area contributed by atoms with Gasteiger partial charge in [-0.15, -0.1) is 0 Å². The first kappa shape index (κ1) is 19.4. The van der Waals surface area contributed by atoms with Gasteiger partial charge in [0.1, 0.15) is 0 Å². The van der Waals surface area contributed by atoms with Crippen LogP contribution in [0.25, 0.3) is 0 Å². The van der Waals surface area contributed by atoms with E-state index in [-0.39, 0.29) is 5.91 Å². The number of hydrogen-bond acceptors (Lipinski definition) is 3. The number of nitrogens with zero attached hydrogens (tertiary/aromatic N) is 2.